The molecule has 0 amide bonds. The molecule has 0 saturated carbocycles. The van der Waals surface area contributed by atoms with Gasteiger partial charge in [-0.15, -0.1) is 0 Å². The first kappa shape index (κ1) is 14.8. The molecule has 4 heteroatoms. The van der Waals surface area contributed by atoms with Crippen LogP contribution in [0.25, 0.3) is 0 Å². The van der Waals surface area contributed by atoms with Crippen LogP contribution in [0.5, 0.6) is 0 Å². The molecule has 1 atom stereocenters. The summed E-state index contributed by atoms with van der Waals surface area (Å²) in [4.78, 5) is 2.27. The summed E-state index contributed by atoms with van der Waals surface area (Å²) in [6, 6.07) is 7.69. The van der Waals surface area contributed by atoms with Crippen molar-refractivity contribution in [3.8, 4) is 6.07 Å². The Hall–Kier alpha value is -1.57. The molecule has 1 unspecified atom stereocenters. The molecule has 1 aromatic carbocycles. The van der Waals surface area contributed by atoms with Crippen LogP contribution in [0.15, 0.2) is 18.2 Å². The summed E-state index contributed by atoms with van der Waals surface area (Å²) >= 11 is 0. The Labute approximate surface area is 120 Å². The van der Waals surface area contributed by atoms with E-state index < -0.39 is 6.10 Å². The maximum absolute atomic E-state index is 9.91. The Bertz CT molecular complexity index is 486. The van der Waals surface area contributed by atoms with Gasteiger partial charge in [-0.1, -0.05) is 6.07 Å². The average Bonchev–Trinajstić information content (AvgIpc) is 2.47. The fraction of sp³-hybridized carbons (Fsp3) is 0.562. The zero-order valence-electron chi connectivity index (χ0n) is 12.2. The minimum atomic E-state index is -0.519. The SMILES string of the molecule is COCC1CCN(c2cc(C#N)ccc2C(C)O)CC1. The Kier molecular flexibility index (Phi) is 4.99. The monoisotopic (exact) mass is 274 g/mol. The van der Waals surface area contributed by atoms with Crippen LogP contribution in [0.1, 0.15) is 37.0 Å². The van der Waals surface area contributed by atoms with Gasteiger partial charge in [-0.2, -0.15) is 5.26 Å². The number of benzene rings is 1. The van der Waals surface area contributed by atoms with E-state index in [1.807, 2.05) is 12.1 Å². The first-order valence-electron chi connectivity index (χ1n) is 7.11. The molecule has 20 heavy (non-hydrogen) atoms. The second kappa shape index (κ2) is 6.74. The van der Waals surface area contributed by atoms with Crippen molar-refractivity contribution < 1.29 is 9.84 Å². The molecule has 1 fully saturated rings. The number of anilines is 1. The van der Waals surface area contributed by atoms with Crippen LogP contribution in [0, 0.1) is 17.2 Å². The maximum Gasteiger partial charge on any atom is 0.0992 e. The number of aliphatic hydroxyl groups is 1. The van der Waals surface area contributed by atoms with E-state index in [1.165, 1.54) is 0 Å². The second-order valence-electron chi connectivity index (χ2n) is 5.45. The number of ether oxygens (including phenoxy) is 1. The maximum atomic E-state index is 9.91. The number of aliphatic hydroxyl groups excluding tert-OH is 1. The van der Waals surface area contributed by atoms with Crippen LogP contribution < -0.4 is 4.90 Å². The van der Waals surface area contributed by atoms with Crippen molar-refractivity contribution in [2.45, 2.75) is 25.9 Å². The second-order valence-corrected chi connectivity index (χ2v) is 5.45. The molecule has 1 aliphatic rings. The fourth-order valence-electron chi connectivity index (χ4n) is 2.82. The normalized spacial score (nSPS) is 17.8. The summed E-state index contributed by atoms with van der Waals surface area (Å²) in [5.74, 6) is 0.616. The third kappa shape index (κ3) is 3.30. The van der Waals surface area contributed by atoms with E-state index >= 15 is 0 Å². The zero-order chi connectivity index (χ0) is 14.5. The highest BCUT2D eigenvalue weighted by Crippen LogP contribution is 2.31. The van der Waals surface area contributed by atoms with Gasteiger partial charge >= 0.3 is 0 Å². The Morgan fingerprint density at radius 3 is 2.70 bits per heavy atom. The molecule has 0 bridgehead atoms. The number of hydrogen-bond acceptors (Lipinski definition) is 4. The van der Waals surface area contributed by atoms with Crippen molar-refractivity contribution >= 4 is 5.69 Å². The molecule has 4 nitrogen and oxygen atoms in total. The fourth-order valence-corrected chi connectivity index (χ4v) is 2.82. The summed E-state index contributed by atoms with van der Waals surface area (Å²) in [6.45, 7) is 4.48. The lowest BCUT2D eigenvalue weighted by Crippen LogP contribution is -2.35. The number of methoxy groups -OCH3 is 1. The van der Waals surface area contributed by atoms with Crippen LogP contribution in [0.4, 0.5) is 5.69 Å². The van der Waals surface area contributed by atoms with E-state index in [-0.39, 0.29) is 0 Å². The van der Waals surface area contributed by atoms with Gasteiger partial charge in [0, 0.05) is 38.1 Å². The van der Waals surface area contributed by atoms with E-state index in [1.54, 1.807) is 20.1 Å². The molecular formula is C16H22N2O2. The van der Waals surface area contributed by atoms with Gasteiger partial charge in [0.05, 0.1) is 17.7 Å². The van der Waals surface area contributed by atoms with Gasteiger partial charge in [-0.05, 0) is 37.8 Å². The molecule has 0 aromatic heterocycles. The summed E-state index contributed by atoms with van der Waals surface area (Å²) in [5, 5.41) is 19.0. The van der Waals surface area contributed by atoms with Crippen molar-refractivity contribution in [1.82, 2.24) is 0 Å². The minimum absolute atomic E-state index is 0.519. The van der Waals surface area contributed by atoms with Gasteiger partial charge in [0.25, 0.3) is 0 Å². The first-order chi connectivity index (χ1) is 9.65. The van der Waals surface area contributed by atoms with Gasteiger partial charge in [-0.25, -0.2) is 0 Å². The van der Waals surface area contributed by atoms with Gasteiger partial charge in [0.2, 0.25) is 0 Å². The minimum Gasteiger partial charge on any atom is -0.389 e. The molecule has 0 radical (unpaired) electrons. The third-order valence-electron chi connectivity index (χ3n) is 3.97. The lowest BCUT2D eigenvalue weighted by molar-refractivity contribution is 0.139. The zero-order valence-corrected chi connectivity index (χ0v) is 12.2. The number of rotatable bonds is 4. The van der Waals surface area contributed by atoms with E-state index in [0.717, 1.165) is 43.8 Å². The van der Waals surface area contributed by atoms with Crippen LogP contribution in [0.2, 0.25) is 0 Å². The highest BCUT2D eigenvalue weighted by Gasteiger charge is 2.22. The standard InChI is InChI=1S/C16H22N2O2/c1-12(19)15-4-3-14(10-17)9-16(15)18-7-5-13(6-8-18)11-20-2/h3-4,9,12-13,19H,5-8,11H2,1-2H3. The highest BCUT2D eigenvalue weighted by atomic mass is 16.5. The molecule has 2 rings (SSSR count). The molecular weight excluding hydrogens is 252 g/mol. The quantitative estimate of drug-likeness (QED) is 0.916. The predicted molar refractivity (Wildman–Crippen MR) is 78.6 cm³/mol. The Morgan fingerprint density at radius 2 is 2.15 bits per heavy atom. The topological polar surface area (TPSA) is 56.5 Å². The van der Waals surface area contributed by atoms with Crippen LogP contribution >= 0.6 is 0 Å². The number of piperidine rings is 1. The molecule has 1 aliphatic heterocycles. The number of nitriles is 1. The molecule has 1 aromatic rings. The lowest BCUT2D eigenvalue weighted by atomic mass is 9.95. The highest BCUT2D eigenvalue weighted by molar-refractivity contribution is 5.58. The summed E-state index contributed by atoms with van der Waals surface area (Å²) < 4.78 is 5.22. The molecule has 0 aliphatic carbocycles. The third-order valence-corrected chi connectivity index (χ3v) is 3.97. The molecule has 0 spiro atoms. The molecule has 1 heterocycles. The molecule has 1 saturated heterocycles. The first-order valence-corrected chi connectivity index (χ1v) is 7.11. The van der Waals surface area contributed by atoms with E-state index in [9.17, 15) is 5.11 Å². The number of nitrogens with zero attached hydrogens (tertiary/aromatic N) is 2. The Balaban J connectivity index is 2.18. The van der Waals surface area contributed by atoms with Crippen LogP contribution in [-0.4, -0.2) is 31.9 Å². The van der Waals surface area contributed by atoms with Gasteiger partial charge < -0.3 is 14.7 Å². The van der Waals surface area contributed by atoms with Crippen molar-refractivity contribution in [2.24, 2.45) is 5.92 Å². The predicted octanol–water partition coefficient (Wildman–Crippen LogP) is 2.47. The van der Waals surface area contributed by atoms with Crippen molar-refractivity contribution in [3.05, 3.63) is 29.3 Å². The van der Waals surface area contributed by atoms with Crippen molar-refractivity contribution in [2.75, 3.05) is 31.7 Å². The van der Waals surface area contributed by atoms with Crippen molar-refractivity contribution in [1.29, 1.82) is 5.26 Å². The van der Waals surface area contributed by atoms with Crippen LogP contribution in [-0.2, 0) is 4.74 Å². The largest absolute Gasteiger partial charge is 0.389 e. The van der Waals surface area contributed by atoms with Gasteiger partial charge in [-0.3, -0.25) is 0 Å². The summed E-state index contributed by atoms with van der Waals surface area (Å²) in [5.41, 5.74) is 2.53. The van der Waals surface area contributed by atoms with Gasteiger partial charge in [0.1, 0.15) is 0 Å². The summed E-state index contributed by atoms with van der Waals surface area (Å²) in [7, 11) is 1.74. The average molecular weight is 274 g/mol. The smallest absolute Gasteiger partial charge is 0.0992 e. The van der Waals surface area contributed by atoms with Crippen LogP contribution in [0.3, 0.4) is 0 Å². The number of hydrogen-bond donors (Lipinski definition) is 1. The van der Waals surface area contributed by atoms with Gasteiger partial charge in [0.15, 0.2) is 0 Å². The van der Waals surface area contributed by atoms with E-state index in [0.29, 0.717) is 11.5 Å². The lowest BCUT2D eigenvalue weighted by Gasteiger charge is -2.35. The van der Waals surface area contributed by atoms with E-state index in [2.05, 4.69) is 11.0 Å². The Morgan fingerprint density at radius 1 is 1.45 bits per heavy atom. The van der Waals surface area contributed by atoms with E-state index in [4.69, 9.17) is 10.00 Å². The summed E-state index contributed by atoms with van der Waals surface area (Å²) in [6.07, 6.45) is 1.66. The van der Waals surface area contributed by atoms with Crippen molar-refractivity contribution in [3.63, 3.8) is 0 Å². The molecule has 108 valence electrons. The molecule has 1 N–H and O–H groups in total.